The van der Waals surface area contributed by atoms with E-state index in [1.165, 1.54) is 0 Å². The molecule has 22 heavy (non-hydrogen) atoms. The molecule has 120 valence electrons. The van der Waals surface area contributed by atoms with Gasteiger partial charge in [-0.25, -0.2) is 4.98 Å². The minimum atomic E-state index is -0.349. The Balaban J connectivity index is 2.09. The van der Waals surface area contributed by atoms with Gasteiger partial charge < -0.3 is 19.9 Å². The second-order valence-electron chi connectivity index (χ2n) is 5.42. The van der Waals surface area contributed by atoms with E-state index in [-0.39, 0.29) is 17.9 Å². The number of nitrogens with two attached hydrogens (primary N) is 1. The molecule has 2 heterocycles. The Hall–Kier alpha value is -2.08. The Labute approximate surface area is 130 Å². The Morgan fingerprint density at radius 2 is 2.14 bits per heavy atom. The van der Waals surface area contributed by atoms with Crippen molar-refractivity contribution in [3.8, 4) is 11.7 Å². The SMILES string of the molecule is CCC(CC)(CN)NC(=O)Cc1nc(-c2ccco2)oc1C. The van der Waals surface area contributed by atoms with Crippen LogP contribution in [0, 0.1) is 6.92 Å². The van der Waals surface area contributed by atoms with Crippen LogP contribution < -0.4 is 11.1 Å². The van der Waals surface area contributed by atoms with Gasteiger partial charge in [-0.05, 0) is 31.9 Å². The highest BCUT2D eigenvalue weighted by Gasteiger charge is 2.27. The van der Waals surface area contributed by atoms with E-state index in [9.17, 15) is 4.79 Å². The number of nitrogens with zero attached hydrogens (tertiary/aromatic N) is 1. The fourth-order valence-electron chi connectivity index (χ4n) is 2.36. The highest BCUT2D eigenvalue weighted by molar-refractivity contribution is 5.79. The fourth-order valence-corrected chi connectivity index (χ4v) is 2.36. The average molecular weight is 305 g/mol. The van der Waals surface area contributed by atoms with Gasteiger partial charge in [0.2, 0.25) is 5.91 Å². The van der Waals surface area contributed by atoms with Crippen LogP contribution in [0.1, 0.15) is 38.1 Å². The van der Waals surface area contributed by atoms with Crippen molar-refractivity contribution in [1.29, 1.82) is 0 Å². The van der Waals surface area contributed by atoms with Crippen molar-refractivity contribution in [1.82, 2.24) is 10.3 Å². The summed E-state index contributed by atoms with van der Waals surface area (Å²) in [4.78, 5) is 16.6. The van der Waals surface area contributed by atoms with Crippen molar-refractivity contribution >= 4 is 5.91 Å². The van der Waals surface area contributed by atoms with Crippen LogP contribution in [0.3, 0.4) is 0 Å². The summed E-state index contributed by atoms with van der Waals surface area (Å²) in [7, 11) is 0. The van der Waals surface area contributed by atoms with E-state index < -0.39 is 0 Å². The number of carbonyl (C=O) groups excluding carboxylic acids is 1. The van der Waals surface area contributed by atoms with Gasteiger partial charge in [0.05, 0.1) is 23.9 Å². The lowest BCUT2D eigenvalue weighted by Gasteiger charge is -2.31. The number of aryl methyl sites for hydroxylation is 1. The largest absolute Gasteiger partial charge is 0.459 e. The number of carbonyl (C=O) groups is 1. The second-order valence-corrected chi connectivity index (χ2v) is 5.42. The van der Waals surface area contributed by atoms with Gasteiger partial charge in [0.25, 0.3) is 5.89 Å². The molecule has 0 saturated carbocycles. The van der Waals surface area contributed by atoms with Crippen molar-refractivity contribution in [2.75, 3.05) is 6.54 Å². The first kappa shape index (κ1) is 16.3. The monoisotopic (exact) mass is 305 g/mol. The summed E-state index contributed by atoms with van der Waals surface area (Å²) in [5.41, 5.74) is 6.07. The van der Waals surface area contributed by atoms with Gasteiger partial charge >= 0.3 is 0 Å². The molecule has 0 radical (unpaired) electrons. The topological polar surface area (TPSA) is 94.3 Å². The van der Waals surface area contributed by atoms with Crippen LogP contribution in [-0.2, 0) is 11.2 Å². The van der Waals surface area contributed by atoms with Crippen molar-refractivity contribution in [3.63, 3.8) is 0 Å². The third kappa shape index (κ3) is 3.39. The molecule has 0 unspecified atom stereocenters. The molecule has 0 saturated heterocycles. The molecular weight excluding hydrogens is 282 g/mol. The molecule has 0 aliphatic rings. The molecule has 6 nitrogen and oxygen atoms in total. The number of oxazole rings is 1. The van der Waals surface area contributed by atoms with Crippen LogP contribution in [0.25, 0.3) is 11.7 Å². The summed E-state index contributed by atoms with van der Waals surface area (Å²) in [6, 6.07) is 3.53. The van der Waals surface area contributed by atoms with E-state index in [0.717, 1.165) is 12.8 Å². The molecule has 0 spiro atoms. The molecule has 2 aromatic heterocycles. The second kappa shape index (κ2) is 6.79. The van der Waals surface area contributed by atoms with Crippen LogP contribution in [-0.4, -0.2) is 23.0 Å². The Kier molecular flexibility index (Phi) is 5.03. The third-order valence-corrected chi connectivity index (χ3v) is 4.10. The zero-order valence-electron chi connectivity index (χ0n) is 13.3. The normalized spacial score (nSPS) is 11.6. The lowest BCUT2D eigenvalue weighted by atomic mass is 9.92. The minimum absolute atomic E-state index is 0.100. The molecule has 0 aliphatic heterocycles. The molecule has 1 amide bonds. The van der Waals surface area contributed by atoms with Crippen molar-refractivity contribution < 1.29 is 13.6 Å². The zero-order chi connectivity index (χ0) is 16.2. The van der Waals surface area contributed by atoms with Gasteiger partial charge in [0.1, 0.15) is 5.76 Å². The van der Waals surface area contributed by atoms with E-state index in [4.69, 9.17) is 14.6 Å². The first-order valence-electron chi connectivity index (χ1n) is 7.54. The van der Waals surface area contributed by atoms with E-state index >= 15 is 0 Å². The highest BCUT2D eigenvalue weighted by Crippen LogP contribution is 2.22. The molecule has 0 fully saturated rings. The number of rotatable bonds is 7. The van der Waals surface area contributed by atoms with Crippen molar-refractivity contribution in [3.05, 3.63) is 29.9 Å². The van der Waals surface area contributed by atoms with E-state index in [0.29, 0.717) is 29.6 Å². The molecule has 3 N–H and O–H groups in total. The standard InChI is InChI=1S/C16H23N3O3/c1-4-16(5-2,10-17)19-14(20)9-12-11(3)22-15(18-12)13-7-6-8-21-13/h6-8H,4-5,9-10,17H2,1-3H3,(H,19,20). The smallest absolute Gasteiger partial charge is 0.263 e. The van der Waals surface area contributed by atoms with Gasteiger partial charge in [0, 0.05) is 6.54 Å². The first-order chi connectivity index (χ1) is 10.5. The predicted molar refractivity (Wildman–Crippen MR) is 83.2 cm³/mol. The van der Waals surface area contributed by atoms with E-state index in [2.05, 4.69) is 10.3 Å². The van der Waals surface area contributed by atoms with Crippen LogP contribution in [0.4, 0.5) is 0 Å². The molecule has 2 rings (SSSR count). The maximum absolute atomic E-state index is 12.3. The van der Waals surface area contributed by atoms with Crippen molar-refractivity contribution in [2.45, 2.75) is 45.6 Å². The Morgan fingerprint density at radius 1 is 1.41 bits per heavy atom. The summed E-state index contributed by atoms with van der Waals surface area (Å²) >= 11 is 0. The average Bonchev–Trinajstić information content (AvgIpc) is 3.15. The van der Waals surface area contributed by atoms with Gasteiger partial charge in [-0.3, -0.25) is 4.79 Å². The maximum atomic E-state index is 12.3. The predicted octanol–water partition coefficient (Wildman–Crippen LogP) is 2.42. The first-order valence-corrected chi connectivity index (χ1v) is 7.54. The third-order valence-electron chi connectivity index (χ3n) is 4.10. The molecular formula is C16H23N3O3. The number of aromatic nitrogens is 1. The summed E-state index contributed by atoms with van der Waals surface area (Å²) in [5, 5.41) is 3.03. The van der Waals surface area contributed by atoms with Crippen LogP contribution >= 0.6 is 0 Å². The quantitative estimate of drug-likeness (QED) is 0.819. The maximum Gasteiger partial charge on any atom is 0.263 e. The number of furan rings is 1. The number of hydrogen-bond acceptors (Lipinski definition) is 5. The zero-order valence-corrected chi connectivity index (χ0v) is 13.3. The van der Waals surface area contributed by atoms with Gasteiger partial charge in [0.15, 0.2) is 5.76 Å². The number of nitrogens with one attached hydrogen (secondary N) is 1. The highest BCUT2D eigenvalue weighted by atomic mass is 16.4. The fraction of sp³-hybridized carbons (Fsp3) is 0.500. The summed E-state index contributed by atoms with van der Waals surface area (Å²) in [5.74, 6) is 1.46. The number of hydrogen-bond donors (Lipinski definition) is 2. The summed E-state index contributed by atoms with van der Waals surface area (Å²) < 4.78 is 10.8. The lowest BCUT2D eigenvalue weighted by molar-refractivity contribution is -0.122. The summed E-state index contributed by atoms with van der Waals surface area (Å²) in [6.45, 7) is 6.25. The Bertz CT molecular complexity index is 604. The van der Waals surface area contributed by atoms with Gasteiger partial charge in [-0.15, -0.1) is 0 Å². The minimum Gasteiger partial charge on any atom is -0.459 e. The van der Waals surface area contributed by atoms with Crippen LogP contribution in [0.15, 0.2) is 27.2 Å². The summed E-state index contributed by atoms with van der Waals surface area (Å²) in [6.07, 6.45) is 3.31. The molecule has 0 aliphatic carbocycles. The van der Waals surface area contributed by atoms with Gasteiger partial charge in [-0.2, -0.15) is 0 Å². The van der Waals surface area contributed by atoms with E-state index in [1.54, 1.807) is 25.3 Å². The molecule has 2 aromatic rings. The van der Waals surface area contributed by atoms with Crippen LogP contribution in [0.5, 0.6) is 0 Å². The molecule has 0 atom stereocenters. The molecule has 0 bridgehead atoms. The molecule has 6 heteroatoms. The Morgan fingerprint density at radius 3 is 2.68 bits per heavy atom. The lowest BCUT2D eigenvalue weighted by Crippen LogP contribution is -2.53. The van der Waals surface area contributed by atoms with Crippen LogP contribution in [0.2, 0.25) is 0 Å². The van der Waals surface area contributed by atoms with Gasteiger partial charge in [-0.1, -0.05) is 13.8 Å². The number of amides is 1. The molecule has 0 aromatic carbocycles. The van der Waals surface area contributed by atoms with E-state index in [1.807, 2.05) is 13.8 Å². The van der Waals surface area contributed by atoms with Crippen molar-refractivity contribution in [2.24, 2.45) is 5.73 Å².